The smallest absolute Gasteiger partial charge is 0.207 e. The summed E-state index contributed by atoms with van der Waals surface area (Å²) < 4.78 is 26.9. The lowest BCUT2D eigenvalue weighted by Crippen LogP contribution is -2.33. The quantitative estimate of drug-likeness (QED) is 0.740. The lowest BCUT2D eigenvalue weighted by atomic mass is 10.2. The topological polar surface area (TPSA) is 61.2 Å². The molecule has 0 unspecified atom stereocenters. The normalized spacial score (nSPS) is 11.5. The lowest BCUT2D eigenvalue weighted by Gasteiger charge is -2.22. The minimum absolute atomic E-state index is 0.120. The van der Waals surface area contributed by atoms with Gasteiger partial charge in [0.25, 0.3) is 0 Å². The lowest BCUT2D eigenvalue weighted by molar-refractivity contribution is 0.395. The Morgan fingerprint density at radius 3 is 2.15 bits per heavy atom. The van der Waals surface area contributed by atoms with Gasteiger partial charge >= 0.3 is 0 Å². The van der Waals surface area contributed by atoms with Crippen LogP contribution in [-0.2, 0) is 10.0 Å². The highest BCUT2D eigenvalue weighted by molar-refractivity contribution is 7.89. The van der Waals surface area contributed by atoms with Gasteiger partial charge < -0.3 is 0 Å². The first-order valence-electron chi connectivity index (χ1n) is 7.07. The van der Waals surface area contributed by atoms with Crippen molar-refractivity contribution < 1.29 is 8.42 Å². The van der Waals surface area contributed by atoms with Gasteiger partial charge in [-0.1, -0.05) is 38.8 Å². The highest BCUT2D eigenvalue weighted by Crippen LogP contribution is 2.20. The minimum Gasteiger partial charge on any atom is -0.207 e. The molecule has 0 saturated heterocycles. The molecule has 1 rings (SSSR count). The van der Waals surface area contributed by atoms with Crippen LogP contribution in [0.4, 0.5) is 0 Å². The maximum Gasteiger partial charge on any atom is 0.244 e. The summed E-state index contributed by atoms with van der Waals surface area (Å²) in [4.78, 5) is 0.120. The molecule has 0 radical (unpaired) electrons. The molecular weight excluding hydrogens is 272 g/mol. The van der Waals surface area contributed by atoms with Gasteiger partial charge in [0, 0.05) is 13.1 Å². The molecule has 0 aliphatic carbocycles. The zero-order chi connectivity index (χ0) is 15.0. The molecule has 1 aromatic carbocycles. The monoisotopic (exact) mass is 294 g/mol. The van der Waals surface area contributed by atoms with Crippen molar-refractivity contribution in [2.75, 3.05) is 13.1 Å². The molecule has 0 saturated carbocycles. The molecule has 110 valence electrons. The number of benzene rings is 1. The zero-order valence-electron chi connectivity index (χ0n) is 12.2. The van der Waals surface area contributed by atoms with Gasteiger partial charge in [0.15, 0.2) is 0 Å². The van der Waals surface area contributed by atoms with Crippen LogP contribution in [0, 0.1) is 11.3 Å². The van der Waals surface area contributed by atoms with E-state index in [0.717, 1.165) is 25.7 Å². The van der Waals surface area contributed by atoms with Crippen molar-refractivity contribution in [1.82, 2.24) is 4.31 Å². The first-order valence-corrected chi connectivity index (χ1v) is 8.51. The fraction of sp³-hybridized carbons (Fsp3) is 0.533. The van der Waals surface area contributed by atoms with Crippen LogP contribution in [0.25, 0.3) is 0 Å². The van der Waals surface area contributed by atoms with Gasteiger partial charge in [0.05, 0.1) is 10.5 Å². The van der Waals surface area contributed by atoms with Gasteiger partial charge in [0.1, 0.15) is 6.07 Å². The Morgan fingerprint density at radius 1 is 1.10 bits per heavy atom. The molecule has 1 aromatic rings. The molecular formula is C15H22N2O2S. The second-order valence-corrected chi connectivity index (χ2v) is 6.63. The Labute approximate surface area is 122 Å². The highest BCUT2D eigenvalue weighted by atomic mass is 32.2. The van der Waals surface area contributed by atoms with E-state index >= 15 is 0 Å². The Kier molecular flexibility index (Phi) is 6.69. The van der Waals surface area contributed by atoms with E-state index in [0.29, 0.717) is 13.1 Å². The molecule has 20 heavy (non-hydrogen) atoms. The molecule has 0 N–H and O–H groups in total. The van der Waals surface area contributed by atoms with Crippen molar-refractivity contribution in [3.05, 3.63) is 29.8 Å². The number of nitriles is 1. The van der Waals surface area contributed by atoms with Crippen LogP contribution in [0.1, 0.15) is 45.1 Å². The molecule has 0 spiro atoms. The SMILES string of the molecule is CCCCN(CCCC)S(=O)(=O)c1ccccc1C#N. The second kappa shape index (κ2) is 8.03. The van der Waals surface area contributed by atoms with E-state index in [1.165, 1.54) is 10.4 Å². The molecule has 0 aliphatic rings. The molecule has 0 fully saturated rings. The predicted octanol–water partition coefficient (Wildman–Crippen LogP) is 3.15. The van der Waals surface area contributed by atoms with Crippen LogP contribution < -0.4 is 0 Å². The van der Waals surface area contributed by atoms with E-state index in [9.17, 15) is 8.42 Å². The Balaban J connectivity index is 3.11. The van der Waals surface area contributed by atoms with Gasteiger partial charge in [-0.2, -0.15) is 9.57 Å². The van der Waals surface area contributed by atoms with Gasteiger partial charge in [-0.05, 0) is 25.0 Å². The Bertz CT molecular complexity index is 553. The van der Waals surface area contributed by atoms with Crippen LogP contribution in [0.3, 0.4) is 0 Å². The van der Waals surface area contributed by atoms with Gasteiger partial charge in [0.2, 0.25) is 10.0 Å². The first-order chi connectivity index (χ1) is 9.57. The maximum absolute atomic E-state index is 12.7. The van der Waals surface area contributed by atoms with E-state index in [4.69, 9.17) is 5.26 Å². The molecule has 5 heteroatoms. The standard InChI is InChI=1S/C15H22N2O2S/c1-3-5-11-17(12-6-4-2)20(18,19)15-10-8-7-9-14(15)13-16/h7-10H,3-6,11-12H2,1-2H3. The van der Waals surface area contributed by atoms with Crippen LogP contribution in [0.15, 0.2) is 29.2 Å². The Hall–Kier alpha value is -1.38. The van der Waals surface area contributed by atoms with Crippen molar-refractivity contribution in [3.63, 3.8) is 0 Å². The number of nitrogens with zero attached hydrogens (tertiary/aromatic N) is 2. The van der Waals surface area contributed by atoms with E-state index in [1.54, 1.807) is 18.2 Å². The summed E-state index contributed by atoms with van der Waals surface area (Å²) in [7, 11) is -3.58. The van der Waals surface area contributed by atoms with E-state index in [2.05, 4.69) is 0 Å². The molecule has 0 amide bonds. The van der Waals surface area contributed by atoms with Crippen molar-refractivity contribution >= 4 is 10.0 Å². The third-order valence-corrected chi connectivity index (χ3v) is 5.10. The van der Waals surface area contributed by atoms with Crippen molar-refractivity contribution in [2.45, 2.75) is 44.4 Å². The summed E-state index contributed by atoms with van der Waals surface area (Å²) >= 11 is 0. The molecule has 0 aliphatic heterocycles. The van der Waals surface area contributed by atoms with Crippen molar-refractivity contribution in [1.29, 1.82) is 5.26 Å². The van der Waals surface area contributed by atoms with Gasteiger partial charge in [-0.15, -0.1) is 0 Å². The van der Waals surface area contributed by atoms with E-state index < -0.39 is 10.0 Å². The molecule has 0 aromatic heterocycles. The molecule has 4 nitrogen and oxygen atoms in total. The van der Waals surface area contributed by atoms with E-state index in [1.807, 2.05) is 19.9 Å². The third-order valence-electron chi connectivity index (χ3n) is 3.15. The zero-order valence-corrected chi connectivity index (χ0v) is 13.0. The van der Waals surface area contributed by atoms with Gasteiger partial charge in [-0.3, -0.25) is 0 Å². The number of unbranched alkanes of at least 4 members (excludes halogenated alkanes) is 2. The fourth-order valence-corrected chi connectivity index (χ4v) is 3.60. The third kappa shape index (κ3) is 4.06. The second-order valence-electron chi connectivity index (χ2n) is 4.72. The van der Waals surface area contributed by atoms with Crippen molar-refractivity contribution in [2.24, 2.45) is 0 Å². The largest absolute Gasteiger partial charge is 0.244 e. The van der Waals surface area contributed by atoms with Crippen LogP contribution in [-0.4, -0.2) is 25.8 Å². The fourth-order valence-electron chi connectivity index (χ4n) is 1.94. The molecule has 0 atom stereocenters. The first kappa shape index (κ1) is 16.7. The number of hydrogen-bond donors (Lipinski definition) is 0. The number of sulfonamides is 1. The average Bonchev–Trinajstić information content (AvgIpc) is 2.47. The summed E-state index contributed by atoms with van der Waals surface area (Å²) in [5.74, 6) is 0. The number of hydrogen-bond acceptors (Lipinski definition) is 3. The van der Waals surface area contributed by atoms with Crippen LogP contribution in [0.5, 0.6) is 0 Å². The minimum atomic E-state index is -3.58. The van der Waals surface area contributed by atoms with Gasteiger partial charge in [-0.25, -0.2) is 8.42 Å². The molecule has 0 bridgehead atoms. The summed E-state index contributed by atoms with van der Waals surface area (Å²) in [6.45, 7) is 5.10. The predicted molar refractivity (Wildman–Crippen MR) is 79.7 cm³/mol. The molecule has 0 heterocycles. The average molecular weight is 294 g/mol. The summed E-state index contributed by atoms with van der Waals surface area (Å²) in [6.07, 6.45) is 3.55. The van der Waals surface area contributed by atoms with Crippen molar-refractivity contribution in [3.8, 4) is 6.07 Å². The summed E-state index contributed by atoms with van der Waals surface area (Å²) in [6, 6.07) is 8.36. The summed E-state index contributed by atoms with van der Waals surface area (Å²) in [5.41, 5.74) is 0.213. The Morgan fingerprint density at radius 2 is 1.65 bits per heavy atom. The maximum atomic E-state index is 12.7. The number of rotatable bonds is 8. The van der Waals surface area contributed by atoms with Crippen LogP contribution in [0.2, 0.25) is 0 Å². The van der Waals surface area contributed by atoms with Crippen LogP contribution >= 0.6 is 0 Å². The summed E-state index contributed by atoms with van der Waals surface area (Å²) in [5, 5.41) is 9.08. The van der Waals surface area contributed by atoms with E-state index in [-0.39, 0.29) is 10.5 Å². The highest BCUT2D eigenvalue weighted by Gasteiger charge is 2.25.